The number of hydrogen-bond donors (Lipinski definition) is 1. The van der Waals surface area contributed by atoms with E-state index in [1.165, 1.54) is 17.7 Å². The number of sulfonamides is 1. The Bertz CT molecular complexity index is 951. The fraction of sp³-hybridized carbons (Fsp3) is 0.278. The van der Waals surface area contributed by atoms with E-state index in [9.17, 15) is 13.2 Å². The van der Waals surface area contributed by atoms with E-state index in [-0.39, 0.29) is 20.8 Å². The minimum absolute atomic E-state index is 0.0857. The maximum absolute atomic E-state index is 12.3. The Hall–Kier alpha value is -1.12. The van der Waals surface area contributed by atoms with Crippen LogP contribution in [0.5, 0.6) is 0 Å². The maximum Gasteiger partial charge on any atom is 0.240 e. The molecule has 0 aliphatic rings. The smallest absolute Gasteiger partial charge is 0.240 e. The summed E-state index contributed by atoms with van der Waals surface area (Å²) in [6, 6.07) is 10.7. The summed E-state index contributed by atoms with van der Waals surface area (Å²) in [4.78, 5) is 13.4. The van der Waals surface area contributed by atoms with Gasteiger partial charge < -0.3 is 5.32 Å². The molecule has 0 heterocycles. The Balaban J connectivity index is 1.98. The molecule has 0 aliphatic carbocycles. The Kier molecular flexibility index (Phi) is 8.33. The standard InChI is InChI=1S/C18H19Cl3N2O3S2/c1-12-3-5-13(6-4-12)27-8-7-22-18(24)11-23(28(2,25)26)17-10-15(20)14(19)9-16(17)21/h3-6,9-10H,7-8,11H2,1-2H3,(H,22,24). The molecule has 0 bridgehead atoms. The Morgan fingerprint density at radius 1 is 1.07 bits per heavy atom. The summed E-state index contributed by atoms with van der Waals surface area (Å²) in [7, 11) is -3.76. The SMILES string of the molecule is Cc1ccc(SCCNC(=O)CN(c2cc(Cl)c(Cl)cc2Cl)S(C)(=O)=O)cc1. The summed E-state index contributed by atoms with van der Waals surface area (Å²) < 4.78 is 25.2. The fourth-order valence-corrected chi connectivity index (χ4v) is 4.59. The largest absolute Gasteiger partial charge is 0.354 e. The fourth-order valence-electron chi connectivity index (χ4n) is 2.26. The molecule has 0 saturated heterocycles. The number of carbonyl (C=O) groups is 1. The number of rotatable bonds is 8. The summed E-state index contributed by atoms with van der Waals surface area (Å²) in [6.07, 6.45) is 0.992. The Morgan fingerprint density at radius 3 is 2.29 bits per heavy atom. The van der Waals surface area contributed by atoms with Gasteiger partial charge in [0.25, 0.3) is 0 Å². The lowest BCUT2D eigenvalue weighted by molar-refractivity contribution is -0.119. The molecule has 0 spiro atoms. The number of nitrogens with zero attached hydrogens (tertiary/aromatic N) is 1. The molecule has 0 saturated carbocycles. The number of amides is 1. The molecule has 2 rings (SSSR count). The molecule has 1 amide bonds. The highest BCUT2D eigenvalue weighted by atomic mass is 35.5. The zero-order valence-electron chi connectivity index (χ0n) is 15.2. The van der Waals surface area contributed by atoms with Gasteiger partial charge in [-0.2, -0.15) is 0 Å². The number of aryl methyl sites for hydroxylation is 1. The van der Waals surface area contributed by atoms with Crippen LogP contribution in [0.4, 0.5) is 5.69 Å². The Labute approximate surface area is 184 Å². The van der Waals surface area contributed by atoms with Gasteiger partial charge in [0.15, 0.2) is 0 Å². The highest BCUT2D eigenvalue weighted by Crippen LogP contribution is 2.35. The first-order valence-electron chi connectivity index (χ1n) is 8.16. The average Bonchev–Trinajstić information content (AvgIpc) is 2.61. The molecular weight excluding hydrogens is 463 g/mol. The van der Waals surface area contributed by atoms with E-state index in [4.69, 9.17) is 34.8 Å². The summed E-state index contributed by atoms with van der Waals surface area (Å²) in [5.74, 6) is 0.207. The molecule has 0 aliphatic heterocycles. The third-order valence-electron chi connectivity index (χ3n) is 3.66. The van der Waals surface area contributed by atoms with Gasteiger partial charge in [-0.25, -0.2) is 8.42 Å². The second kappa shape index (κ2) is 10.1. The lowest BCUT2D eigenvalue weighted by Gasteiger charge is -2.23. The van der Waals surface area contributed by atoms with Gasteiger partial charge in [0.1, 0.15) is 6.54 Å². The highest BCUT2D eigenvalue weighted by Gasteiger charge is 2.24. The van der Waals surface area contributed by atoms with E-state index in [0.29, 0.717) is 12.3 Å². The first-order chi connectivity index (χ1) is 13.1. The molecule has 0 aromatic heterocycles. The number of thioether (sulfide) groups is 1. The van der Waals surface area contributed by atoms with Crippen molar-refractivity contribution in [3.63, 3.8) is 0 Å². The predicted octanol–water partition coefficient (Wildman–Crippen LogP) is 4.63. The molecular formula is C18H19Cl3N2O3S2. The van der Waals surface area contributed by atoms with Crippen molar-refractivity contribution < 1.29 is 13.2 Å². The van der Waals surface area contributed by atoms with Crippen molar-refractivity contribution in [1.82, 2.24) is 5.32 Å². The van der Waals surface area contributed by atoms with Crippen molar-refractivity contribution in [2.24, 2.45) is 0 Å². The van der Waals surface area contributed by atoms with Crippen molar-refractivity contribution in [2.75, 3.05) is 29.4 Å². The Morgan fingerprint density at radius 2 is 1.68 bits per heavy atom. The molecule has 10 heteroatoms. The molecule has 0 atom stereocenters. The van der Waals surface area contributed by atoms with Crippen LogP contribution in [0.2, 0.25) is 15.1 Å². The van der Waals surface area contributed by atoms with Gasteiger partial charge in [0, 0.05) is 17.2 Å². The van der Waals surface area contributed by atoms with E-state index in [0.717, 1.165) is 15.5 Å². The van der Waals surface area contributed by atoms with E-state index >= 15 is 0 Å². The van der Waals surface area contributed by atoms with Crippen LogP contribution in [-0.2, 0) is 14.8 Å². The van der Waals surface area contributed by atoms with Gasteiger partial charge in [-0.3, -0.25) is 9.10 Å². The monoisotopic (exact) mass is 480 g/mol. The number of anilines is 1. The molecule has 152 valence electrons. The third kappa shape index (κ3) is 6.74. The first-order valence-corrected chi connectivity index (χ1v) is 12.1. The van der Waals surface area contributed by atoms with Crippen LogP contribution in [0.1, 0.15) is 5.56 Å². The molecule has 1 N–H and O–H groups in total. The lowest BCUT2D eigenvalue weighted by Crippen LogP contribution is -2.41. The van der Waals surface area contributed by atoms with Gasteiger partial charge >= 0.3 is 0 Å². The summed E-state index contributed by atoms with van der Waals surface area (Å²) in [5.41, 5.74) is 1.28. The minimum atomic E-state index is -3.76. The topological polar surface area (TPSA) is 66.5 Å². The van der Waals surface area contributed by atoms with Gasteiger partial charge in [-0.05, 0) is 31.2 Å². The van der Waals surface area contributed by atoms with Crippen molar-refractivity contribution >= 4 is 68.2 Å². The predicted molar refractivity (Wildman–Crippen MR) is 119 cm³/mol. The number of halogens is 3. The average molecular weight is 482 g/mol. The van der Waals surface area contributed by atoms with Gasteiger partial charge in [0.05, 0.1) is 27.0 Å². The van der Waals surface area contributed by atoms with Crippen LogP contribution >= 0.6 is 46.6 Å². The minimum Gasteiger partial charge on any atom is -0.354 e. The van der Waals surface area contributed by atoms with E-state index in [1.54, 1.807) is 11.8 Å². The normalized spacial score (nSPS) is 11.3. The number of benzene rings is 2. The van der Waals surface area contributed by atoms with Gasteiger partial charge in [-0.1, -0.05) is 52.5 Å². The van der Waals surface area contributed by atoms with Crippen LogP contribution in [0.3, 0.4) is 0 Å². The highest BCUT2D eigenvalue weighted by molar-refractivity contribution is 7.99. The second-order valence-corrected chi connectivity index (χ2v) is 10.3. The van der Waals surface area contributed by atoms with Crippen LogP contribution in [0, 0.1) is 6.92 Å². The first kappa shape index (κ1) is 23.2. The number of carbonyl (C=O) groups excluding carboxylic acids is 1. The lowest BCUT2D eigenvalue weighted by atomic mass is 10.2. The molecule has 0 unspecified atom stereocenters. The van der Waals surface area contributed by atoms with Crippen LogP contribution < -0.4 is 9.62 Å². The summed E-state index contributed by atoms with van der Waals surface area (Å²) >= 11 is 19.6. The van der Waals surface area contributed by atoms with Crippen LogP contribution in [-0.4, -0.2) is 39.4 Å². The number of nitrogens with one attached hydrogen (secondary N) is 1. The molecule has 5 nitrogen and oxygen atoms in total. The quantitative estimate of drug-likeness (QED) is 0.339. The molecule has 0 radical (unpaired) electrons. The van der Waals surface area contributed by atoms with Crippen molar-refractivity contribution in [3.05, 3.63) is 57.0 Å². The molecule has 2 aromatic rings. The zero-order chi connectivity index (χ0) is 20.9. The van der Waals surface area contributed by atoms with Crippen LogP contribution in [0.15, 0.2) is 41.3 Å². The summed E-state index contributed by atoms with van der Waals surface area (Å²) in [5, 5.41) is 3.14. The van der Waals surface area contributed by atoms with E-state index in [1.807, 2.05) is 31.2 Å². The van der Waals surface area contributed by atoms with Crippen molar-refractivity contribution in [2.45, 2.75) is 11.8 Å². The van der Waals surface area contributed by atoms with E-state index < -0.39 is 22.5 Å². The molecule has 2 aromatic carbocycles. The zero-order valence-corrected chi connectivity index (χ0v) is 19.1. The third-order valence-corrected chi connectivity index (χ3v) is 6.83. The molecule has 0 fully saturated rings. The van der Waals surface area contributed by atoms with Crippen LogP contribution in [0.25, 0.3) is 0 Å². The van der Waals surface area contributed by atoms with Gasteiger partial charge in [-0.15, -0.1) is 11.8 Å². The second-order valence-electron chi connectivity index (χ2n) is 6.00. The maximum atomic E-state index is 12.3. The van der Waals surface area contributed by atoms with Crippen molar-refractivity contribution in [3.8, 4) is 0 Å². The van der Waals surface area contributed by atoms with Gasteiger partial charge in [0.2, 0.25) is 15.9 Å². The summed E-state index contributed by atoms with van der Waals surface area (Å²) in [6.45, 7) is 2.00. The number of hydrogen-bond acceptors (Lipinski definition) is 4. The van der Waals surface area contributed by atoms with Crippen molar-refractivity contribution in [1.29, 1.82) is 0 Å². The van der Waals surface area contributed by atoms with E-state index in [2.05, 4.69) is 5.32 Å². The molecule has 28 heavy (non-hydrogen) atoms.